The molecule has 3 aromatic rings. The first-order valence-corrected chi connectivity index (χ1v) is 7.63. The highest BCUT2D eigenvalue weighted by molar-refractivity contribution is 5.85. The van der Waals surface area contributed by atoms with Gasteiger partial charge in [0.15, 0.2) is 0 Å². The van der Waals surface area contributed by atoms with E-state index in [0.29, 0.717) is 28.8 Å². The first-order valence-electron chi connectivity index (χ1n) is 7.63. The van der Waals surface area contributed by atoms with Gasteiger partial charge in [0.1, 0.15) is 18.1 Å². The van der Waals surface area contributed by atoms with Crippen LogP contribution in [0.2, 0.25) is 0 Å². The number of hydrogen-bond acceptors (Lipinski definition) is 5. The molecule has 0 saturated carbocycles. The summed E-state index contributed by atoms with van der Waals surface area (Å²) in [5.74, 6) is 0.672. The van der Waals surface area contributed by atoms with E-state index in [2.05, 4.69) is 9.97 Å². The lowest BCUT2D eigenvalue weighted by molar-refractivity contribution is -0.131. The summed E-state index contributed by atoms with van der Waals surface area (Å²) in [5.41, 5.74) is 2.29. The number of benzene rings is 1. The predicted molar refractivity (Wildman–Crippen MR) is 91.9 cm³/mol. The zero-order valence-electron chi connectivity index (χ0n) is 13.5. The van der Waals surface area contributed by atoms with Crippen LogP contribution in [-0.2, 0) is 11.4 Å². The van der Waals surface area contributed by atoms with Crippen molar-refractivity contribution in [2.45, 2.75) is 13.5 Å². The smallest absolute Gasteiger partial charge is 0.328 e. The third-order valence-corrected chi connectivity index (χ3v) is 3.45. The Morgan fingerprint density at radius 3 is 2.72 bits per heavy atom. The molecular weight excluding hydrogens is 320 g/mol. The van der Waals surface area contributed by atoms with Gasteiger partial charge in [0.2, 0.25) is 11.8 Å². The molecule has 126 valence electrons. The number of aryl methyl sites for hydroxylation is 1. The van der Waals surface area contributed by atoms with Gasteiger partial charge in [-0.1, -0.05) is 18.2 Å². The number of rotatable bonds is 6. The molecule has 0 aliphatic heterocycles. The molecule has 0 bridgehead atoms. The topological polar surface area (TPSA) is 85.5 Å². The molecule has 2 aromatic heterocycles. The quantitative estimate of drug-likeness (QED) is 0.691. The van der Waals surface area contributed by atoms with Crippen LogP contribution in [-0.4, -0.2) is 21.0 Å². The lowest BCUT2D eigenvalue weighted by Crippen LogP contribution is -1.99. The van der Waals surface area contributed by atoms with Crippen molar-refractivity contribution in [1.82, 2.24) is 9.97 Å². The number of carbonyl (C=O) groups is 1. The van der Waals surface area contributed by atoms with Gasteiger partial charge < -0.3 is 14.3 Å². The molecule has 0 aliphatic carbocycles. The summed E-state index contributed by atoms with van der Waals surface area (Å²) in [6, 6.07) is 13.1. The van der Waals surface area contributed by atoms with Gasteiger partial charge >= 0.3 is 5.97 Å². The van der Waals surface area contributed by atoms with E-state index in [-0.39, 0.29) is 6.61 Å². The average molecular weight is 336 g/mol. The number of pyridine rings is 1. The van der Waals surface area contributed by atoms with E-state index < -0.39 is 5.97 Å². The van der Waals surface area contributed by atoms with E-state index in [9.17, 15) is 4.79 Å². The van der Waals surface area contributed by atoms with Crippen molar-refractivity contribution in [2.24, 2.45) is 0 Å². The maximum Gasteiger partial charge on any atom is 0.328 e. The fourth-order valence-corrected chi connectivity index (χ4v) is 2.15. The molecule has 0 aliphatic rings. The van der Waals surface area contributed by atoms with Crippen LogP contribution in [0.25, 0.3) is 17.5 Å². The molecule has 0 spiro atoms. The minimum atomic E-state index is -1.00. The van der Waals surface area contributed by atoms with Crippen LogP contribution in [0.3, 0.4) is 0 Å². The summed E-state index contributed by atoms with van der Waals surface area (Å²) in [6.07, 6.45) is 4.06. The van der Waals surface area contributed by atoms with Crippen molar-refractivity contribution >= 4 is 12.0 Å². The van der Waals surface area contributed by atoms with Crippen LogP contribution in [0.5, 0.6) is 5.88 Å². The third kappa shape index (κ3) is 4.32. The normalized spacial score (nSPS) is 10.9. The largest absolute Gasteiger partial charge is 0.478 e. The molecule has 2 heterocycles. The second-order valence-electron chi connectivity index (χ2n) is 5.28. The lowest BCUT2D eigenvalue weighted by Gasteiger charge is -2.03. The van der Waals surface area contributed by atoms with E-state index in [1.54, 1.807) is 18.3 Å². The van der Waals surface area contributed by atoms with Crippen LogP contribution in [0.1, 0.15) is 17.0 Å². The van der Waals surface area contributed by atoms with E-state index in [0.717, 1.165) is 11.6 Å². The molecule has 0 saturated heterocycles. The van der Waals surface area contributed by atoms with Crippen LogP contribution in [0.15, 0.2) is 59.2 Å². The number of carboxylic acid groups (broad SMARTS) is 1. The first kappa shape index (κ1) is 16.4. The van der Waals surface area contributed by atoms with Crippen molar-refractivity contribution in [2.75, 3.05) is 0 Å². The lowest BCUT2D eigenvalue weighted by atomic mass is 10.2. The number of aromatic nitrogens is 2. The van der Waals surface area contributed by atoms with E-state index in [1.807, 2.05) is 37.3 Å². The van der Waals surface area contributed by atoms with Gasteiger partial charge in [0.05, 0.1) is 0 Å². The molecule has 6 nitrogen and oxygen atoms in total. The monoisotopic (exact) mass is 336 g/mol. The van der Waals surface area contributed by atoms with Gasteiger partial charge in [0, 0.05) is 23.9 Å². The van der Waals surface area contributed by atoms with E-state index >= 15 is 0 Å². The van der Waals surface area contributed by atoms with Crippen molar-refractivity contribution in [3.63, 3.8) is 0 Å². The number of carboxylic acids is 1. The van der Waals surface area contributed by atoms with E-state index in [1.165, 1.54) is 6.08 Å². The van der Waals surface area contributed by atoms with E-state index in [4.69, 9.17) is 14.3 Å². The molecule has 0 amide bonds. The Balaban J connectivity index is 1.66. The highest BCUT2D eigenvalue weighted by Gasteiger charge is 2.12. The highest BCUT2D eigenvalue weighted by atomic mass is 16.5. The van der Waals surface area contributed by atoms with Gasteiger partial charge in [-0.2, -0.15) is 0 Å². The van der Waals surface area contributed by atoms with Crippen molar-refractivity contribution < 1.29 is 19.1 Å². The van der Waals surface area contributed by atoms with Gasteiger partial charge in [-0.3, -0.25) is 0 Å². The Hall–Kier alpha value is -3.41. The minimum absolute atomic E-state index is 0.236. The third-order valence-electron chi connectivity index (χ3n) is 3.45. The molecule has 1 N–H and O–H groups in total. The number of aliphatic carboxylic acids is 1. The van der Waals surface area contributed by atoms with Gasteiger partial charge in [-0.15, -0.1) is 0 Å². The number of oxazole rings is 1. The number of hydrogen-bond donors (Lipinski definition) is 1. The Bertz CT molecular complexity index is 884. The fourth-order valence-electron chi connectivity index (χ4n) is 2.15. The Labute approximate surface area is 144 Å². The molecule has 3 rings (SSSR count). The summed E-state index contributed by atoms with van der Waals surface area (Å²) in [4.78, 5) is 19.1. The Kier molecular flexibility index (Phi) is 4.89. The minimum Gasteiger partial charge on any atom is -0.478 e. The SMILES string of the molecule is Cc1oc(-c2ccccc2)nc1COc1ccc(/C=C/C(=O)O)cn1. The first-order chi connectivity index (χ1) is 12.1. The standard InChI is InChI=1S/C19H16N2O4/c1-13-16(21-19(25-13)15-5-3-2-4-6-15)12-24-17-9-7-14(11-20-17)8-10-18(22)23/h2-11H,12H2,1H3,(H,22,23)/b10-8+. The van der Waals surface area contributed by atoms with Crippen molar-refractivity contribution in [3.8, 4) is 17.3 Å². The number of ether oxygens (including phenoxy) is 1. The van der Waals surface area contributed by atoms with Crippen LogP contribution in [0.4, 0.5) is 0 Å². The average Bonchev–Trinajstić information content (AvgIpc) is 3.00. The van der Waals surface area contributed by atoms with Gasteiger partial charge in [-0.05, 0) is 36.8 Å². The molecule has 0 unspecified atom stereocenters. The molecule has 0 atom stereocenters. The summed E-state index contributed by atoms with van der Waals surface area (Å²) >= 11 is 0. The molecule has 0 fully saturated rings. The predicted octanol–water partition coefficient (Wildman–Crippen LogP) is 3.72. The summed E-state index contributed by atoms with van der Waals surface area (Å²) in [5, 5.41) is 8.60. The molecular formula is C19H16N2O4. The van der Waals surface area contributed by atoms with Crippen molar-refractivity contribution in [3.05, 3.63) is 71.8 Å². The van der Waals surface area contributed by atoms with Crippen molar-refractivity contribution in [1.29, 1.82) is 0 Å². The molecule has 6 heteroatoms. The Morgan fingerprint density at radius 1 is 1.24 bits per heavy atom. The van der Waals surface area contributed by atoms with Crippen LogP contribution < -0.4 is 4.74 Å². The fraction of sp³-hybridized carbons (Fsp3) is 0.105. The van der Waals surface area contributed by atoms with Crippen LogP contribution >= 0.6 is 0 Å². The summed E-state index contributed by atoms with van der Waals surface area (Å²) < 4.78 is 11.3. The summed E-state index contributed by atoms with van der Waals surface area (Å²) in [6.45, 7) is 2.07. The van der Waals surface area contributed by atoms with Crippen LogP contribution in [0, 0.1) is 6.92 Å². The second kappa shape index (κ2) is 7.44. The highest BCUT2D eigenvalue weighted by Crippen LogP contribution is 2.22. The van der Waals surface area contributed by atoms with Gasteiger partial charge in [0.25, 0.3) is 0 Å². The molecule has 25 heavy (non-hydrogen) atoms. The number of nitrogens with zero attached hydrogens (tertiary/aromatic N) is 2. The summed E-state index contributed by atoms with van der Waals surface area (Å²) in [7, 11) is 0. The van der Waals surface area contributed by atoms with Gasteiger partial charge in [-0.25, -0.2) is 14.8 Å². The maximum absolute atomic E-state index is 10.5. The molecule has 1 aromatic carbocycles. The zero-order valence-corrected chi connectivity index (χ0v) is 13.5. The second-order valence-corrected chi connectivity index (χ2v) is 5.28. The molecule has 0 radical (unpaired) electrons. The Morgan fingerprint density at radius 2 is 2.04 bits per heavy atom. The zero-order chi connectivity index (χ0) is 17.6. The maximum atomic E-state index is 10.5.